The molecular weight excluding hydrogens is 573 g/mol. The zero-order chi connectivity index (χ0) is 29.3. The summed E-state index contributed by atoms with van der Waals surface area (Å²) in [5, 5.41) is 0.601. The summed E-state index contributed by atoms with van der Waals surface area (Å²) in [5.41, 5.74) is 6.16. The van der Waals surface area contributed by atoms with E-state index in [1.54, 1.807) is 43.9 Å². The van der Waals surface area contributed by atoms with Gasteiger partial charge in [-0.1, -0.05) is 6.07 Å². The molecule has 1 aliphatic heterocycles. The Bertz CT molecular complexity index is 1590. The number of aromatic nitrogens is 3. The summed E-state index contributed by atoms with van der Waals surface area (Å²) in [6.07, 6.45) is 2.49. The molecule has 0 radical (unpaired) electrons. The maximum atomic E-state index is 16.0. The highest BCUT2D eigenvalue weighted by molar-refractivity contribution is 8.00. The summed E-state index contributed by atoms with van der Waals surface area (Å²) in [6.45, 7) is 5.92. The molecule has 1 aliphatic rings. The Balaban J connectivity index is 1.53. The van der Waals surface area contributed by atoms with E-state index in [9.17, 15) is 13.6 Å². The zero-order valence-corrected chi connectivity index (χ0v) is 24.1. The number of thiazole rings is 1. The number of likely N-dealkylation sites (tertiary alicyclic amines) is 1. The molecule has 13 heteroatoms. The number of nitrogens with one attached hydrogen (secondary N) is 1. The Morgan fingerprint density at radius 2 is 1.98 bits per heavy atom. The molecule has 3 heterocycles. The monoisotopic (exact) mass is 600 g/mol. The second-order valence-corrected chi connectivity index (χ2v) is 12.2. The lowest BCUT2D eigenvalue weighted by atomic mass is 10.1. The molecule has 1 saturated heterocycles. The van der Waals surface area contributed by atoms with Crippen LogP contribution in [0.4, 0.5) is 29.6 Å². The number of amides is 1. The maximum absolute atomic E-state index is 16.0. The van der Waals surface area contributed by atoms with Crippen molar-refractivity contribution in [1.82, 2.24) is 19.9 Å². The normalized spacial score (nSPS) is 15.3. The molecular formula is C28H27F3N6O2S2. The summed E-state index contributed by atoms with van der Waals surface area (Å²) in [7, 11) is 0. The van der Waals surface area contributed by atoms with Crippen molar-refractivity contribution in [3.63, 3.8) is 0 Å². The second kappa shape index (κ2) is 11.6. The molecule has 0 aliphatic carbocycles. The fraction of sp³-hybridized carbons (Fsp3) is 0.286. The molecule has 1 fully saturated rings. The topological polar surface area (TPSA) is 106 Å². The minimum atomic E-state index is -0.662. The van der Waals surface area contributed by atoms with Gasteiger partial charge in [0.25, 0.3) is 0 Å². The Morgan fingerprint density at radius 1 is 1.17 bits per heavy atom. The molecule has 2 aromatic heterocycles. The van der Waals surface area contributed by atoms with E-state index in [1.807, 2.05) is 0 Å². The number of halogens is 3. The average Bonchev–Trinajstić information content (AvgIpc) is 3.57. The van der Waals surface area contributed by atoms with Crippen LogP contribution in [0.25, 0.3) is 21.8 Å². The molecule has 214 valence electrons. The fourth-order valence-corrected chi connectivity index (χ4v) is 6.27. The first-order valence-corrected chi connectivity index (χ1v) is 14.4. The van der Waals surface area contributed by atoms with Gasteiger partial charge < -0.3 is 15.2 Å². The van der Waals surface area contributed by atoms with E-state index in [0.717, 1.165) is 36.6 Å². The van der Waals surface area contributed by atoms with Gasteiger partial charge >= 0.3 is 6.09 Å². The molecule has 0 saturated carbocycles. The number of hydrogen-bond donors (Lipinski definition) is 2. The summed E-state index contributed by atoms with van der Waals surface area (Å²) in [5.74, 6) is -1.85. The minimum absolute atomic E-state index is 0.0219. The number of anilines is 2. The zero-order valence-electron chi connectivity index (χ0n) is 22.5. The Labute approximate surface area is 243 Å². The molecule has 0 spiro atoms. The standard InChI is InChI=1S/C28H27F3N6O2S2/c1-28(2,3)39-27(38)37-13-5-8-20(37)25-35-23(24(40-25)19-11-12-33-26(32)34-19)16-6-4-7-18(22(16)31)36-41-21-14-15(29)9-10-17(21)30/h4,6-7,9-12,14,20,36H,5,8,13H2,1-3H3,(H2,32,33,34). The van der Waals surface area contributed by atoms with E-state index >= 15 is 4.39 Å². The Hall–Kier alpha value is -3.84. The van der Waals surface area contributed by atoms with Crippen molar-refractivity contribution in [2.24, 2.45) is 0 Å². The van der Waals surface area contributed by atoms with Gasteiger partial charge in [-0.05, 0) is 82.0 Å². The van der Waals surface area contributed by atoms with E-state index < -0.39 is 29.1 Å². The first-order chi connectivity index (χ1) is 19.5. The van der Waals surface area contributed by atoms with Crippen molar-refractivity contribution in [2.45, 2.75) is 50.2 Å². The van der Waals surface area contributed by atoms with Crippen molar-refractivity contribution >= 4 is 41.0 Å². The average molecular weight is 601 g/mol. The number of nitrogens with two attached hydrogens (primary N) is 1. The first-order valence-electron chi connectivity index (χ1n) is 12.8. The molecule has 1 unspecified atom stereocenters. The van der Waals surface area contributed by atoms with Crippen molar-refractivity contribution in [2.75, 3.05) is 17.0 Å². The maximum Gasteiger partial charge on any atom is 0.410 e. The highest BCUT2D eigenvalue weighted by atomic mass is 32.2. The third-order valence-corrected chi connectivity index (χ3v) is 8.17. The summed E-state index contributed by atoms with van der Waals surface area (Å²) >= 11 is 2.04. The lowest BCUT2D eigenvalue weighted by Gasteiger charge is -2.27. The van der Waals surface area contributed by atoms with Crippen LogP contribution in [0.2, 0.25) is 0 Å². The highest BCUT2D eigenvalue weighted by Crippen LogP contribution is 2.44. The van der Waals surface area contributed by atoms with Gasteiger partial charge in [0.1, 0.15) is 22.2 Å². The van der Waals surface area contributed by atoms with Crippen LogP contribution in [0.15, 0.2) is 53.6 Å². The Kier molecular flexibility index (Phi) is 8.09. The minimum Gasteiger partial charge on any atom is -0.444 e. The van der Waals surface area contributed by atoms with Gasteiger partial charge in [0.2, 0.25) is 5.95 Å². The van der Waals surface area contributed by atoms with E-state index in [-0.39, 0.29) is 28.1 Å². The molecule has 3 N–H and O–H groups in total. The van der Waals surface area contributed by atoms with Gasteiger partial charge in [0.15, 0.2) is 5.82 Å². The van der Waals surface area contributed by atoms with Crippen molar-refractivity contribution in [3.8, 4) is 21.8 Å². The number of hydrogen-bond acceptors (Lipinski definition) is 9. The van der Waals surface area contributed by atoms with Crippen LogP contribution in [0, 0.1) is 17.5 Å². The number of nitrogen functional groups attached to an aromatic ring is 1. The molecule has 2 aromatic carbocycles. The number of carbonyl (C=O) groups is 1. The largest absolute Gasteiger partial charge is 0.444 e. The number of rotatable bonds is 6. The summed E-state index contributed by atoms with van der Waals surface area (Å²) < 4.78 is 52.1. The molecule has 5 rings (SSSR count). The molecule has 1 amide bonds. The van der Waals surface area contributed by atoms with E-state index in [1.165, 1.54) is 23.6 Å². The van der Waals surface area contributed by atoms with Crippen LogP contribution in [-0.2, 0) is 4.74 Å². The van der Waals surface area contributed by atoms with Gasteiger partial charge in [-0.25, -0.2) is 32.9 Å². The van der Waals surface area contributed by atoms with E-state index in [2.05, 4.69) is 14.7 Å². The third kappa shape index (κ3) is 6.41. The fourth-order valence-electron chi connectivity index (χ4n) is 4.36. The van der Waals surface area contributed by atoms with Crippen LogP contribution in [0.3, 0.4) is 0 Å². The third-order valence-electron chi connectivity index (χ3n) is 6.13. The smallest absolute Gasteiger partial charge is 0.410 e. The van der Waals surface area contributed by atoms with Crippen LogP contribution < -0.4 is 10.5 Å². The molecule has 1 atom stereocenters. The lowest BCUT2D eigenvalue weighted by molar-refractivity contribution is 0.0224. The first kappa shape index (κ1) is 28.7. The molecule has 8 nitrogen and oxygen atoms in total. The van der Waals surface area contributed by atoms with Crippen LogP contribution in [-0.4, -0.2) is 38.1 Å². The van der Waals surface area contributed by atoms with Gasteiger partial charge in [0.05, 0.1) is 32.9 Å². The van der Waals surface area contributed by atoms with Crippen LogP contribution in [0.5, 0.6) is 0 Å². The molecule has 41 heavy (non-hydrogen) atoms. The second-order valence-electron chi connectivity index (χ2n) is 10.3. The summed E-state index contributed by atoms with van der Waals surface area (Å²) in [6, 6.07) is 9.01. The number of nitrogens with zero attached hydrogens (tertiary/aromatic N) is 4. The lowest BCUT2D eigenvalue weighted by Crippen LogP contribution is -2.36. The van der Waals surface area contributed by atoms with E-state index in [0.29, 0.717) is 34.2 Å². The number of ether oxygens (including phenoxy) is 1. The summed E-state index contributed by atoms with van der Waals surface area (Å²) in [4.78, 5) is 28.3. The number of carbonyl (C=O) groups excluding carboxylic acids is 1. The highest BCUT2D eigenvalue weighted by Gasteiger charge is 2.36. The Morgan fingerprint density at radius 3 is 2.73 bits per heavy atom. The van der Waals surface area contributed by atoms with Crippen molar-refractivity contribution < 1.29 is 22.7 Å². The van der Waals surface area contributed by atoms with Crippen LogP contribution >= 0.6 is 23.3 Å². The van der Waals surface area contributed by atoms with E-state index in [4.69, 9.17) is 15.5 Å². The van der Waals surface area contributed by atoms with Crippen molar-refractivity contribution in [1.29, 1.82) is 0 Å². The molecule has 4 aromatic rings. The van der Waals surface area contributed by atoms with Gasteiger partial charge in [-0.3, -0.25) is 4.90 Å². The van der Waals surface area contributed by atoms with Crippen LogP contribution in [0.1, 0.15) is 44.7 Å². The molecule has 0 bridgehead atoms. The van der Waals surface area contributed by atoms with Gasteiger partial charge in [0, 0.05) is 18.3 Å². The predicted octanol–water partition coefficient (Wildman–Crippen LogP) is 7.46. The number of benzene rings is 2. The quantitative estimate of drug-likeness (QED) is 0.220. The van der Waals surface area contributed by atoms with Crippen molar-refractivity contribution in [3.05, 3.63) is 71.1 Å². The SMILES string of the molecule is CC(C)(C)OC(=O)N1CCCC1c1nc(-c2cccc(NSc3cc(F)ccc3F)c2F)c(-c2ccnc(N)n2)s1. The predicted molar refractivity (Wildman–Crippen MR) is 154 cm³/mol. The van der Waals surface area contributed by atoms with Gasteiger partial charge in [-0.15, -0.1) is 11.3 Å². The van der Waals surface area contributed by atoms with Gasteiger partial charge in [-0.2, -0.15) is 0 Å².